The lowest BCUT2D eigenvalue weighted by atomic mass is 9.76. The van der Waals surface area contributed by atoms with E-state index in [1.54, 1.807) is 67.6 Å². The van der Waals surface area contributed by atoms with Gasteiger partial charge in [0.05, 0.1) is 89.9 Å². The molecule has 5 aromatic carbocycles. The van der Waals surface area contributed by atoms with Crippen LogP contribution < -0.4 is 53.1 Å². The Hall–Kier alpha value is -9.58. The number of hydrogen-bond donors (Lipinski definition) is 6. The molecule has 5 aliphatic rings. The number of nitrogens with two attached hydrogens (primary N) is 3. The van der Waals surface area contributed by atoms with Gasteiger partial charge in [-0.25, -0.2) is 45.3 Å². The van der Waals surface area contributed by atoms with Crippen LogP contribution in [0.5, 0.6) is 11.5 Å². The number of aliphatic hydroxyl groups is 1. The van der Waals surface area contributed by atoms with Crippen LogP contribution in [0, 0.1) is 28.7 Å². The van der Waals surface area contributed by atoms with Crippen molar-refractivity contribution in [3.63, 3.8) is 0 Å². The van der Waals surface area contributed by atoms with E-state index in [4.69, 9.17) is 20.6 Å². The number of aliphatic hydroxyl groups excluding tert-OH is 1. The van der Waals surface area contributed by atoms with Gasteiger partial charge in [0.1, 0.15) is 35.9 Å². The maximum absolute atomic E-state index is 13.1. The number of ketones is 2. The molecule has 3 amide bonds. The second-order valence-corrected chi connectivity index (χ2v) is 32.6. The largest absolute Gasteiger partial charge is 0.748 e. The number of benzene rings is 5. The zero-order valence-electron chi connectivity index (χ0n) is 59.1. The van der Waals surface area contributed by atoms with Crippen molar-refractivity contribution in [3.05, 3.63) is 176 Å². The van der Waals surface area contributed by atoms with Crippen LogP contribution in [0.15, 0.2) is 93.0 Å². The average molecular weight is 1500 g/mol. The summed E-state index contributed by atoms with van der Waals surface area (Å²) in [5, 5.41) is 20.2. The summed E-state index contributed by atoms with van der Waals surface area (Å²) in [7, 11) is -13.1. The van der Waals surface area contributed by atoms with E-state index in [0.717, 1.165) is 29.7 Å². The fourth-order valence-corrected chi connectivity index (χ4v) is 15.9. The van der Waals surface area contributed by atoms with Crippen LogP contribution >= 0.6 is 0 Å². The zero-order valence-corrected chi connectivity index (χ0v) is 62.3. The van der Waals surface area contributed by atoms with Crippen molar-refractivity contribution in [2.75, 3.05) is 61.6 Å². The predicted molar refractivity (Wildman–Crippen MR) is 385 cm³/mol. The minimum absolute atomic E-state index is 0. The number of carbonyl (C=O) groups is 6. The third-order valence-electron chi connectivity index (χ3n) is 18.2. The standard InChI is InChI=1S/C34H34N2O9S2.C18H22N2O9S2.C14H15NO3.C2H6N2O.2CH3/c1-33(2)15-19(17-46(39,40)41)23-11-25-29(13-27(23)35(33)5)45-30-14-28-24(20(18-47(42,43)44)16-34(3,4)36(28)6)12-26(30)31(25)21-9-7-8-10-22(21)32(37)38;1-3-9(22)7-20-17(23)12-5-10(31(27,28)29-2)4-11-15(12)13(18(20)24)6-14(16(11)19)30(25,26)8-21;1-7-4-10-9(3)11(5-8(2)16)14(17)18-13(10)6-12(7)15;1-2(5)4-3;;/h7-16H,17-18H2,1-6H3,(H2-,37,38,39,40,41,42,43,44);6,10,12,21H,3-5,7-8,19H2,1-2H3;4,6H,5,15H2,1-3H3;3H2,1H3,(H,4,5);2*1H3/q;;;;2*+1/p-1. The number of hydrogen-bond acceptors (Lipinski definition) is 25. The molecule has 0 fully saturated rings. The van der Waals surface area contributed by atoms with Crippen LogP contribution in [0.25, 0.3) is 27.7 Å². The van der Waals surface area contributed by atoms with Crippen molar-refractivity contribution in [1.82, 2.24) is 14.9 Å². The van der Waals surface area contributed by atoms with Gasteiger partial charge in [-0.05, 0) is 123 Å². The van der Waals surface area contributed by atoms with E-state index in [9.17, 15) is 86.6 Å². The summed E-state index contributed by atoms with van der Waals surface area (Å²) in [6.07, 6.45) is 3.14. The summed E-state index contributed by atoms with van der Waals surface area (Å²) < 4.78 is 140. The molecule has 552 valence electrons. The van der Waals surface area contributed by atoms with Gasteiger partial charge >= 0.3 is 11.6 Å². The monoisotopic (exact) mass is 1500 g/mol. The molecule has 1 aromatic heterocycles. The van der Waals surface area contributed by atoms with Gasteiger partial charge in [-0.1, -0.05) is 31.2 Å². The molecule has 103 heavy (non-hydrogen) atoms. The fraction of sp³-hybridized carbons (Fsp3) is 0.343. The van der Waals surface area contributed by atoms with Crippen molar-refractivity contribution < 1.29 is 95.1 Å². The highest BCUT2D eigenvalue weighted by Gasteiger charge is 2.49. The van der Waals surface area contributed by atoms with Crippen molar-refractivity contribution in [1.29, 1.82) is 0 Å². The number of Topliss-reactive ketones (excluding diaryl/α,β-unsaturated/α-hetero) is 2. The van der Waals surface area contributed by atoms with Gasteiger partial charge in [-0.15, -0.1) is 0 Å². The molecule has 6 aromatic rings. The van der Waals surface area contributed by atoms with E-state index in [0.29, 0.717) is 88.5 Å². The molecule has 33 heteroatoms. The number of amides is 3. The molecule has 0 saturated heterocycles. The molecule has 1 aliphatic carbocycles. The Morgan fingerprint density at radius 2 is 1.42 bits per heavy atom. The second-order valence-electron chi connectivity index (χ2n) is 25.9. The number of imide groups is 1. The van der Waals surface area contributed by atoms with Gasteiger partial charge in [-0.3, -0.25) is 38.5 Å². The van der Waals surface area contributed by atoms with Crippen LogP contribution in [0.4, 0.5) is 17.1 Å². The van der Waals surface area contributed by atoms with Crippen molar-refractivity contribution in [2.45, 2.75) is 115 Å². The molecule has 9 N–H and O–H groups in total. The van der Waals surface area contributed by atoms with E-state index < -0.39 is 121 Å². The number of rotatable bonds is 15. The number of fused-ring (bicyclic) bond motifs is 5. The third-order valence-corrected chi connectivity index (χ3v) is 22.5. The lowest BCUT2D eigenvalue weighted by Gasteiger charge is -2.42. The number of nitrogens with one attached hydrogen (secondary N) is 1. The molecule has 0 bridgehead atoms. The van der Waals surface area contributed by atoms with Crippen molar-refractivity contribution in [2.24, 2.45) is 5.84 Å². The van der Waals surface area contributed by atoms with Gasteiger partial charge in [0.25, 0.3) is 16.0 Å². The summed E-state index contributed by atoms with van der Waals surface area (Å²) in [6, 6.07) is 17.8. The first-order chi connectivity index (χ1) is 46.7. The first kappa shape index (κ1) is 82.4. The first-order valence-corrected chi connectivity index (χ1v) is 37.3. The normalized spacial score (nSPS) is 16.7. The van der Waals surface area contributed by atoms with E-state index in [2.05, 4.69) is 10.0 Å². The second kappa shape index (κ2) is 30.4. The highest BCUT2D eigenvalue weighted by atomic mass is 32.2. The SMILES string of the molecule is CC(=O)Cc1c(C)c2cc(C)c(N)cc2oc1=O.CC(=O)NN.CCC(=O)CN1C(=O)c2cc(S(=O)(=O)CO)c(N)c3c2C(CC(S(=O)(=O)OC)C3)C1=O.CN1c2cc3c(cc2C(CS(=O)(=O)[O-])=CC1(C)C)C(c1ccccc1C(=O)O)=c1cc2c(cc1O3)=[N+](C)C(C)(C)C=C2CS(=O)(=O)[O-].[CH3+].[CH3+]. The Balaban J connectivity index is 0.000000255. The van der Waals surface area contributed by atoms with Crippen LogP contribution in [0.2, 0.25) is 0 Å². The van der Waals surface area contributed by atoms with Crippen molar-refractivity contribution in [3.8, 4) is 11.5 Å². The lowest BCUT2D eigenvalue weighted by Crippen LogP contribution is -2.50. The number of likely N-dealkylation sites (N-methyl/N-ethyl adjacent to an activating group) is 2. The Morgan fingerprint density at radius 1 is 0.816 bits per heavy atom. The molecule has 2 unspecified atom stereocenters. The van der Waals surface area contributed by atoms with E-state index in [1.807, 2.05) is 76.6 Å². The smallest absolute Gasteiger partial charge is 0.340 e. The summed E-state index contributed by atoms with van der Waals surface area (Å²) in [4.78, 5) is 85.3. The number of carbonyl (C=O) groups excluding carboxylic acids is 5. The summed E-state index contributed by atoms with van der Waals surface area (Å²) >= 11 is 0. The Labute approximate surface area is 596 Å². The highest BCUT2D eigenvalue weighted by molar-refractivity contribution is 7.91. The topological polar surface area (TPSA) is 474 Å². The van der Waals surface area contributed by atoms with Crippen LogP contribution in [0.3, 0.4) is 0 Å². The maximum Gasteiger partial charge on any atom is 0.340 e. The third kappa shape index (κ3) is 16.9. The van der Waals surface area contributed by atoms with Gasteiger partial charge in [-0.2, -0.15) is 8.42 Å². The lowest BCUT2D eigenvalue weighted by molar-refractivity contribution is -0.134. The molecule has 5 heterocycles. The number of carboxylic acid groups (broad SMARTS) is 1. The summed E-state index contributed by atoms with van der Waals surface area (Å²) in [6.45, 7) is 15.1. The number of nitrogen functional groups attached to an aromatic ring is 2. The van der Waals surface area contributed by atoms with Crippen LogP contribution in [-0.2, 0) is 76.4 Å². The minimum Gasteiger partial charge on any atom is -0.748 e. The molecule has 0 radical (unpaired) electrons. The number of sulfone groups is 1. The van der Waals surface area contributed by atoms with Gasteiger partial charge in [0.15, 0.2) is 11.3 Å². The molecule has 2 atom stereocenters. The predicted octanol–water partition coefficient (Wildman–Crippen LogP) is 4.09. The highest BCUT2D eigenvalue weighted by Crippen LogP contribution is 2.48. The van der Waals surface area contributed by atoms with E-state index in [1.165, 1.54) is 19.9 Å². The van der Waals surface area contributed by atoms with Crippen molar-refractivity contribution >= 4 is 120 Å². The van der Waals surface area contributed by atoms with Gasteiger partial charge < -0.3 is 44.8 Å². The van der Waals surface area contributed by atoms with Gasteiger partial charge in [0, 0.05) is 117 Å². The first-order valence-electron chi connectivity index (χ1n) is 31.0. The Morgan fingerprint density at radius 3 is 1.97 bits per heavy atom. The Bertz CT molecular complexity index is 5310. The molecule has 11 rings (SSSR count). The molecule has 4 aliphatic heterocycles. The average Bonchev–Trinajstić information content (AvgIpc) is 0.779. The number of aromatic carboxylic acids is 1. The fourth-order valence-electron chi connectivity index (χ4n) is 12.7. The number of carboxylic acids is 1. The molecule has 29 nitrogen and oxygen atoms in total. The quantitative estimate of drug-likeness (QED) is 0.00804. The van der Waals surface area contributed by atoms with Crippen LogP contribution in [0.1, 0.15) is 138 Å². The number of anilines is 3. The molecule has 0 spiro atoms. The van der Waals surface area contributed by atoms with E-state index in [-0.39, 0.29) is 80.2 Å². The maximum atomic E-state index is 13.1. The molecular formula is C70H82N7O22S4+. The summed E-state index contributed by atoms with van der Waals surface area (Å²) in [5.74, 6) is -2.08. The van der Waals surface area contributed by atoms with Gasteiger partial charge in [0.2, 0.25) is 27.0 Å². The number of hydrazine groups is 1. The number of ether oxygens (including phenoxy) is 1. The Kier molecular flexibility index (Phi) is 24.3. The summed E-state index contributed by atoms with van der Waals surface area (Å²) in [5.41, 5.74) is 18.2. The van der Waals surface area contributed by atoms with E-state index >= 15 is 0 Å². The zero-order chi connectivity index (χ0) is 75.5. The van der Waals surface area contributed by atoms with Crippen LogP contribution in [-0.4, -0.2) is 155 Å². The molecular weight excluding hydrogens is 1420 g/mol. The minimum atomic E-state index is -4.67. The number of nitrogens with zero attached hydrogens (tertiary/aromatic N) is 3. The molecule has 0 saturated carbocycles. The number of aryl methyl sites for hydroxylation is 2.